The molecule has 2 heterocycles. The minimum Gasteiger partial charge on any atom is -0.455 e. The molecule has 0 bridgehead atoms. The van der Waals surface area contributed by atoms with E-state index < -0.39 is 0 Å². The highest BCUT2D eigenvalue weighted by atomic mass is 32.2. The smallest absolute Gasteiger partial charge is 0.145 e. The van der Waals surface area contributed by atoms with Crippen molar-refractivity contribution in [2.75, 3.05) is 7.05 Å². The van der Waals surface area contributed by atoms with E-state index >= 15 is 0 Å². The van der Waals surface area contributed by atoms with Crippen LogP contribution < -0.4 is 5.73 Å². The lowest BCUT2D eigenvalue weighted by Gasteiger charge is -1.87. The molecule has 2 aromatic heterocycles. The van der Waals surface area contributed by atoms with Gasteiger partial charge in [-0.25, -0.2) is 0 Å². The fraction of sp³-hybridized carbons (Fsp3) is 0.0769. The van der Waals surface area contributed by atoms with E-state index in [1.165, 1.54) is 7.05 Å². The van der Waals surface area contributed by atoms with E-state index in [0.717, 1.165) is 25.8 Å². The van der Waals surface area contributed by atoms with Crippen LogP contribution in [0.4, 0.5) is 0 Å². The second-order valence-corrected chi connectivity index (χ2v) is 5.15. The first kappa shape index (κ1) is 12.2. The zero-order valence-corrected chi connectivity index (χ0v) is 11.1. The third kappa shape index (κ3) is 2.54. The molecule has 0 aliphatic rings. The van der Waals surface area contributed by atoms with Crippen molar-refractivity contribution in [1.82, 2.24) is 0 Å². The Morgan fingerprint density at radius 2 is 1.88 bits per heavy atom. The number of para-hydroxylation sites is 1. The van der Waals surface area contributed by atoms with Gasteiger partial charge in [-0.15, -0.1) is 24.0 Å². The summed E-state index contributed by atoms with van der Waals surface area (Å²) in [5.41, 5.74) is 5.43. The number of hydrogen-bond donors (Lipinski definition) is 2. The average molecular weight is 263 g/mol. The Hall–Kier alpha value is -1.23. The maximum Gasteiger partial charge on any atom is 0.145 e. The summed E-state index contributed by atoms with van der Waals surface area (Å²) >= 11 is 5.92. The minimum absolute atomic E-state index is 0.918. The fourth-order valence-electron chi connectivity index (χ4n) is 1.56. The van der Waals surface area contributed by atoms with E-state index in [0.29, 0.717) is 0 Å². The van der Waals surface area contributed by atoms with Crippen LogP contribution in [0.5, 0.6) is 0 Å². The zero-order valence-electron chi connectivity index (χ0n) is 9.38. The van der Waals surface area contributed by atoms with Gasteiger partial charge in [0.1, 0.15) is 11.3 Å². The highest BCUT2D eigenvalue weighted by molar-refractivity contribution is 7.83. The molecule has 0 radical (unpaired) electrons. The van der Waals surface area contributed by atoms with Crippen LogP contribution in [-0.4, -0.2) is 7.05 Å². The topological polar surface area (TPSA) is 39.2 Å². The van der Waals surface area contributed by atoms with Gasteiger partial charge in [-0.3, -0.25) is 0 Å². The lowest BCUT2D eigenvalue weighted by molar-refractivity contribution is 0.633. The second-order valence-electron chi connectivity index (χ2n) is 3.29. The fourth-order valence-corrected chi connectivity index (χ4v) is 2.63. The molecule has 0 amide bonds. The minimum atomic E-state index is 0.918. The molecule has 2 nitrogen and oxygen atoms in total. The molecule has 0 spiro atoms. The third-order valence-corrected chi connectivity index (χ3v) is 3.59. The van der Waals surface area contributed by atoms with E-state index in [-0.39, 0.29) is 0 Å². The molecule has 0 saturated heterocycles. The predicted molar refractivity (Wildman–Crippen MR) is 76.9 cm³/mol. The summed E-state index contributed by atoms with van der Waals surface area (Å²) in [6, 6.07) is 14.1. The van der Waals surface area contributed by atoms with E-state index in [1.807, 2.05) is 30.3 Å². The number of rotatable bonds is 1. The van der Waals surface area contributed by atoms with Crippen LogP contribution in [0.2, 0.25) is 0 Å². The van der Waals surface area contributed by atoms with Crippen molar-refractivity contribution in [1.29, 1.82) is 0 Å². The van der Waals surface area contributed by atoms with Gasteiger partial charge in [0.25, 0.3) is 0 Å². The Bertz CT molecular complexity index is 579. The predicted octanol–water partition coefficient (Wildman–Crippen LogP) is 4.02. The molecule has 3 aromatic rings. The van der Waals surface area contributed by atoms with Crippen LogP contribution >= 0.6 is 24.0 Å². The number of furan rings is 1. The highest BCUT2D eigenvalue weighted by Crippen LogP contribution is 2.33. The Kier molecular flexibility index (Phi) is 3.89. The molecule has 17 heavy (non-hydrogen) atoms. The molecule has 0 unspecified atom stereocenters. The molecule has 0 atom stereocenters. The summed E-state index contributed by atoms with van der Waals surface area (Å²) < 4.78 is 6.75. The SMILES string of the molecule is CN.Sc1ccc(-c2cc3ccccc3o2)s1. The van der Waals surface area contributed by atoms with Gasteiger partial charge in [0, 0.05) is 5.39 Å². The maximum atomic E-state index is 5.74. The lowest BCUT2D eigenvalue weighted by atomic mass is 10.2. The average Bonchev–Trinajstić information content (AvgIpc) is 2.97. The normalized spacial score (nSPS) is 10.1. The summed E-state index contributed by atoms with van der Waals surface area (Å²) in [6.45, 7) is 0. The first-order chi connectivity index (χ1) is 8.33. The van der Waals surface area contributed by atoms with Gasteiger partial charge in [0.15, 0.2) is 0 Å². The second kappa shape index (κ2) is 5.40. The Morgan fingerprint density at radius 3 is 2.53 bits per heavy atom. The molecule has 1 aromatic carbocycles. The number of nitrogens with two attached hydrogens (primary N) is 1. The molecule has 0 aliphatic heterocycles. The number of fused-ring (bicyclic) bond motifs is 1. The van der Waals surface area contributed by atoms with Crippen molar-refractivity contribution in [3.05, 3.63) is 42.5 Å². The van der Waals surface area contributed by atoms with Crippen molar-refractivity contribution >= 4 is 34.9 Å². The molecular weight excluding hydrogens is 250 g/mol. The van der Waals surface area contributed by atoms with Crippen LogP contribution in [0.3, 0.4) is 0 Å². The van der Waals surface area contributed by atoms with Crippen molar-refractivity contribution in [2.24, 2.45) is 5.73 Å². The number of hydrogen-bond acceptors (Lipinski definition) is 4. The standard InChI is InChI=1S/C12H8OS2.CH5N/c14-12-6-5-11(15-12)10-7-8-3-1-2-4-9(8)13-10;1-2/h1-7,14H;2H2,1H3. The number of benzene rings is 1. The maximum absolute atomic E-state index is 5.74. The van der Waals surface area contributed by atoms with Crippen LogP contribution in [0.15, 0.2) is 51.1 Å². The summed E-state index contributed by atoms with van der Waals surface area (Å²) in [6.07, 6.45) is 0. The van der Waals surface area contributed by atoms with Crippen molar-refractivity contribution < 1.29 is 4.42 Å². The number of thiol groups is 1. The third-order valence-electron chi connectivity index (χ3n) is 2.26. The Labute approximate surface area is 109 Å². The van der Waals surface area contributed by atoms with Crippen LogP contribution in [0.1, 0.15) is 0 Å². The Morgan fingerprint density at radius 1 is 1.12 bits per heavy atom. The zero-order chi connectivity index (χ0) is 12.3. The van der Waals surface area contributed by atoms with Gasteiger partial charge in [-0.2, -0.15) is 0 Å². The van der Waals surface area contributed by atoms with E-state index in [1.54, 1.807) is 11.3 Å². The molecule has 0 fully saturated rings. The largest absolute Gasteiger partial charge is 0.455 e. The van der Waals surface area contributed by atoms with Gasteiger partial charge in [-0.1, -0.05) is 18.2 Å². The monoisotopic (exact) mass is 263 g/mol. The molecular formula is C13H13NOS2. The molecule has 88 valence electrons. The van der Waals surface area contributed by atoms with E-state index in [9.17, 15) is 0 Å². The summed E-state index contributed by atoms with van der Waals surface area (Å²) in [7, 11) is 1.50. The molecule has 0 aliphatic carbocycles. The molecule has 2 N–H and O–H groups in total. The first-order valence-corrected chi connectivity index (χ1v) is 6.45. The van der Waals surface area contributed by atoms with Gasteiger partial charge >= 0.3 is 0 Å². The van der Waals surface area contributed by atoms with Crippen LogP contribution in [0, 0.1) is 0 Å². The van der Waals surface area contributed by atoms with Crippen molar-refractivity contribution in [2.45, 2.75) is 4.21 Å². The summed E-state index contributed by atoms with van der Waals surface area (Å²) in [4.78, 5) is 1.12. The van der Waals surface area contributed by atoms with E-state index in [2.05, 4.69) is 30.5 Å². The number of thiophene rings is 1. The van der Waals surface area contributed by atoms with Gasteiger partial charge in [-0.05, 0) is 31.3 Å². The summed E-state index contributed by atoms with van der Waals surface area (Å²) in [5.74, 6) is 0.918. The highest BCUT2D eigenvalue weighted by Gasteiger charge is 2.07. The van der Waals surface area contributed by atoms with Crippen LogP contribution in [-0.2, 0) is 0 Å². The van der Waals surface area contributed by atoms with Gasteiger partial charge < -0.3 is 10.2 Å². The van der Waals surface area contributed by atoms with E-state index in [4.69, 9.17) is 4.42 Å². The first-order valence-electron chi connectivity index (χ1n) is 5.18. The molecule has 4 heteroatoms. The summed E-state index contributed by atoms with van der Waals surface area (Å²) in [5, 5.41) is 1.14. The molecule has 3 rings (SSSR count). The lowest BCUT2D eigenvalue weighted by Crippen LogP contribution is -1.69. The Balaban J connectivity index is 0.000000514. The molecule has 0 saturated carbocycles. The van der Waals surface area contributed by atoms with Gasteiger partial charge in [0.2, 0.25) is 0 Å². The quantitative estimate of drug-likeness (QED) is 0.651. The van der Waals surface area contributed by atoms with Crippen LogP contribution in [0.25, 0.3) is 21.6 Å². The van der Waals surface area contributed by atoms with Gasteiger partial charge in [0.05, 0.1) is 9.09 Å². The van der Waals surface area contributed by atoms with Crippen molar-refractivity contribution in [3.8, 4) is 10.6 Å². The van der Waals surface area contributed by atoms with Crippen molar-refractivity contribution in [3.63, 3.8) is 0 Å².